The maximum Gasteiger partial charge on any atom is 0.408 e. The largest absolute Gasteiger partial charge is 0.444 e. The van der Waals surface area contributed by atoms with Crippen LogP contribution in [-0.2, 0) is 20.7 Å². The summed E-state index contributed by atoms with van der Waals surface area (Å²) in [6, 6.07) is 15.9. The van der Waals surface area contributed by atoms with Crippen LogP contribution in [0.5, 0.6) is 0 Å². The van der Waals surface area contributed by atoms with Crippen LogP contribution in [0, 0.1) is 23.7 Å². The molecule has 210 valence electrons. The van der Waals surface area contributed by atoms with Crippen LogP contribution in [0.4, 0.5) is 4.79 Å². The minimum Gasteiger partial charge on any atom is -0.444 e. The van der Waals surface area contributed by atoms with Gasteiger partial charge in [0.15, 0.2) is 0 Å². The van der Waals surface area contributed by atoms with Crippen molar-refractivity contribution in [2.45, 2.75) is 83.0 Å². The Hall–Kier alpha value is -4.30. The number of hydrogen-bond acceptors (Lipinski definition) is 5. The van der Waals surface area contributed by atoms with Gasteiger partial charge < -0.3 is 20.3 Å². The molecule has 1 fully saturated rings. The zero-order valence-electron chi connectivity index (χ0n) is 23.5. The Morgan fingerprint density at radius 3 is 2.27 bits per heavy atom. The van der Waals surface area contributed by atoms with E-state index in [1.165, 1.54) is 4.90 Å². The third kappa shape index (κ3) is 8.88. The Morgan fingerprint density at radius 1 is 1.05 bits per heavy atom. The van der Waals surface area contributed by atoms with Crippen LogP contribution >= 0.6 is 0 Å². The van der Waals surface area contributed by atoms with Crippen molar-refractivity contribution in [2.75, 3.05) is 6.54 Å². The summed E-state index contributed by atoms with van der Waals surface area (Å²) in [5, 5.41) is 15.6. The minimum absolute atomic E-state index is 0.00669. The molecule has 0 aliphatic heterocycles. The summed E-state index contributed by atoms with van der Waals surface area (Å²) in [6.45, 7) is 4.83. The molecule has 3 rings (SSSR count). The number of carbonyl (C=O) groups is 3. The number of nitrogens with one attached hydrogen (secondary N) is 2. The number of nitrogens with zero attached hydrogens (tertiary/aromatic N) is 2. The smallest absolute Gasteiger partial charge is 0.408 e. The summed E-state index contributed by atoms with van der Waals surface area (Å²) in [4.78, 5) is 42.0. The zero-order chi connectivity index (χ0) is 29.1. The summed E-state index contributed by atoms with van der Waals surface area (Å²) in [6.07, 6.45) is 9.79. The van der Waals surface area contributed by atoms with E-state index in [4.69, 9.17) is 11.2 Å². The van der Waals surface area contributed by atoms with E-state index in [1.807, 2.05) is 36.4 Å². The van der Waals surface area contributed by atoms with Crippen molar-refractivity contribution in [3.8, 4) is 18.4 Å². The molecule has 0 bridgehead atoms. The molecule has 1 saturated carbocycles. The Balaban J connectivity index is 1.99. The van der Waals surface area contributed by atoms with Crippen LogP contribution in [0.2, 0.25) is 0 Å². The highest BCUT2D eigenvalue weighted by Gasteiger charge is 2.37. The van der Waals surface area contributed by atoms with Crippen molar-refractivity contribution >= 4 is 17.9 Å². The first-order chi connectivity index (χ1) is 19.1. The summed E-state index contributed by atoms with van der Waals surface area (Å²) >= 11 is 0. The fourth-order valence-electron chi connectivity index (χ4n) is 4.83. The molecule has 2 N–H and O–H groups in total. The predicted molar refractivity (Wildman–Crippen MR) is 153 cm³/mol. The molecule has 2 aromatic carbocycles. The van der Waals surface area contributed by atoms with Crippen LogP contribution in [0.3, 0.4) is 0 Å². The minimum atomic E-state index is -1.10. The van der Waals surface area contributed by atoms with E-state index in [-0.39, 0.29) is 24.9 Å². The lowest BCUT2D eigenvalue weighted by atomic mass is 9.94. The Labute approximate surface area is 237 Å². The SMILES string of the molecule is C#Cc1ccc(C(C(=O)NC2CCCCC2)N(CC#N)C(=O)C(Cc2ccccc2)NC(=O)OC(C)(C)C)cc1. The topological polar surface area (TPSA) is 112 Å². The van der Waals surface area contributed by atoms with E-state index in [1.54, 1.807) is 45.0 Å². The number of hydrogen-bond donors (Lipinski definition) is 2. The van der Waals surface area contributed by atoms with Gasteiger partial charge in [-0.1, -0.05) is 67.6 Å². The molecule has 3 amide bonds. The van der Waals surface area contributed by atoms with Crippen LogP contribution in [-0.4, -0.2) is 47.0 Å². The molecule has 0 radical (unpaired) electrons. The van der Waals surface area contributed by atoms with Gasteiger partial charge in [-0.3, -0.25) is 9.59 Å². The number of rotatable bonds is 9. The second kappa shape index (κ2) is 14.2. The Morgan fingerprint density at radius 2 is 1.70 bits per heavy atom. The van der Waals surface area contributed by atoms with Crippen LogP contribution in [0.25, 0.3) is 0 Å². The van der Waals surface area contributed by atoms with Gasteiger partial charge in [-0.05, 0) is 56.9 Å². The average molecular weight is 543 g/mol. The third-order valence-corrected chi connectivity index (χ3v) is 6.70. The van der Waals surface area contributed by atoms with Crippen molar-refractivity contribution in [3.63, 3.8) is 0 Å². The van der Waals surface area contributed by atoms with Gasteiger partial charge in [-0.15, -0.1) is 6.42 Å². The lowest BCUT2D eigenvalue weighted by Crippen LogP contribution is -2.54. The molecule has 2 unspecified atom stereocenters. The number of alkyl carbamates (subject to hydrolysis) is 1. The molecule has 2 aromatic rings. The molecule has 0 heterocycles. The van der Waals surface area contributed by atoms with E-state index in [2.05, 4.69) is 16.6 Å². The zero-order valence-corrected chi connectivity index (χ0v) is 23.5. The van der Waals surface area contributed by atoms with E-state index in [0.717, 1.165) is 37.7 Å². The molecular formula is C32H38N4O4. The summed E-state index contributed by atoms with van der Waals surface area (Å²) < 4.78 is 5.43. The molecule has 0 aromatic heterocycles. The second-order valence-corrected chi connectivity index (χ2v) is 11.0. The number of carbonyl (C=O) groups excluding carboxylic acids is 3. The van der Waals surface area contributed by atoms with Crippen molar-refractivity contribution in [3.05, 3.63) is 71.3 Å². The quantitative estimate of drug-likeness (QED) is 0.354. The molecule has 8 heteroatoms. The van der Waals surface area contributed by atoms with Crippen molar-refractivity contribution in [1.29, 1.82) is 5.26 Å². The summed E-state index contributed by atoms with van der Waals surface area (Å²) in [5.74, 6) is 1.61. The van der Waals surface area contributed by atoms with Crippen LogP contribution in [0.1, 0.15) is 75.6 Å². The second-order valence-electron chi connectivity index (χ2n) is 11.0. The molecule has 0 spiro atoms. The third-order valence-electron chi connectivity index (χ3n) is 6.70. The highest BCUT2D eigenvalue weighted by molar-refractivity contribution is 5.92. The Bertz CT molecular complexity index is 1230. The summed E-state index contributed by atoms with van der Waals surface area (Å²) in [7, 11) is 0. The van der Waals surface area contributed by atoms with Gasteiger partial charge in [-0.2, -0.15) is 5.26 Å². The lowest BCUT2D eigenvalue weighted by Gasteiger charge is -2.34. The van der Waals surface area contributed by atoms with E-state index in [0.29, 0.717) is 11.1 Å². The van der Waals surface area contributed by atoms with E-state index in [9.17, 15) is 19.6 Å². The maximum atomic E-state index is 14.2. The van der Waals surface area contributed by atoms with Gasteiger partial charge in [0, 0.05) is 18.0 Å². The highest BCUT2D eigenvalue weighted by atomic mass is 16.6. The van der Waals surface area contributed by atoms with E-state index >= 15 is 0 Å². The molecule has 8 nitrogen and oxygen atoms in total. The van der Waals surface area contributed by atoms with E-state index < -0.39 is 29.7 Å². The van der Waals surface area contributed by atoms with Gasteiger partial charge in [0.05, 0.1) is 6.07 Å². The van der Waals surface area contributed by atoms with Crippen molar-refractivity contribution < 1.29 is 19.1 Å². The van der Waals surface area contributed by atoms with Gasteiger partial charge in [0.25, 0.3) is 0 Å². The van der Waals surface area contributed by atoms with Crippen molar-refractivity contribution in [1.82, 2.24) is 15.5 Å². The predicted octanol–water partition coefficient (Wildman–Crippen LogP) is 4.65. The number of nitriles is 1. The summed E-state index contributed by atoms with van der Waals surface area (Å²) in [5.41, 5.74) is 1.17. The molecular weight excluding hydrogens is 504 g/mol. The fourth-order valence-corrected chi connectivity index (χ4v) is 4.83. The number of benzene rings is 2. The number of amides is 3. The molecule has 1 aliphatic rings. The number of ether oxygens (including phenoxy) is 1. The highest BCUT2D eigenvalue weighted by Crippen LogP contribution is 2.25. The molecule has 40 heavy (non-hydrogen) atoms. The maximum absolute atomic E-state index is 14.2. The molecule has 2 atom stereocenters. The normalized spacial score (nSPS) is 15.0. The molecule has 1 aliphatic carbocycles. The number of terminal acetylenes is 1. The van der Waals surface area contributed by atoms with Crippen molar-refractivity contribution in [2.24, 2.45) is 0 Å². The van der Waals surface area contributed by atoms with Gasteiger partial charge in [0.2, 0.25) is 11.8 Å². The molecule has 0 saturated heterocycles. The lowest BCUT2D eigenvalue weighted by molar-refractivity contribution is -0.142. The van der Waals surface area contributed by atoms with Crippen LogP contribution in [0.15, 0.2) is 54.6 Å². The first-order valence-corrected chi connectivity index (χ1v) is 13.7. The fraction of sp³-hybridized carbons (Fsp3) is 0.438. The average Bonchev–Trinajstić information content (AvgIpc) is 2.92. The standard InChI is InChI=1S/C32H38N4O4/c1-5-23-16-18-25(19-17-23)28(29(37)34-26-14-10-7-11-15-26)36(21-20-33)30(38)27(22-24-12-8-6-9-13-24)35-31(39)40-32(2,3)4/h1,6,8-9,12-13,16-19,26-28H,7,10-11,14-15,21-22H2,2-4H3,(H,34,37)(H,35,39). The van der Waals surface area contributed by atoms with Gasteiger partial charge in [-0.25, -0.2) is 4.79 Å². The van der Waals surface area contributed by atoms with Gasteiger partial charge in [0.1, 0.15) is 24.2 Å². The first-order valence-electron chi connectivity index (χ1n) is 13.7. The monoisotopic (exact) mass is 542 g/mol. The van der Waals surface area contributed by atoms with Gasteiger partial charge >= 0.3 is 6.09 Å². The first kappa shape index (κ1) is 30.2. The Kier molecular flexibility index (Phi) is 10.7. The van der Waals surface area contributed by atoms with Crippen LogP contribution < -0.4 is 10.6 Å².